The van der Waals surface area contributed by atoms with Crippen molar-refractivity contribution in [3.05, 3.63) is 118 Å². The first-order chi connectivity index (χ1) is 54.1. The Balaban J connectivity index is 0.000000124. The van der Waals surface area contributed by atoms with Crippen molar-refractivity contribution < 1.29 is 25.2 Å². The average molecular weight is 1710 g/mol. The number of nitrogen functional groups attached to an aromatic ring is 5. The van der Waals surface area contributed by atoms with E-state index in [4.69, 9.17) is 75.1 Å². The van der Waals surface area contributed by atoms with Crippen LogP contribution in [0.15, 0.2) is 97.7 Å². The lowest BCUT2D eigenvalue weighted by Crippen LogP contribution is -2.29. The summed E-state index contributed by atoms with van der Waals surface area (Å²) in [6.45, 7) is 11.4. The van der Waals surface area contributed by atoms with E-state index in [0.29, 0.717) is 110 Å². The van der Waals surface area contributed by atoms with Crippen molar-refractivity contribution in [3.8, 4) is 52.9 Å². The van der Waals surface area contributed by atoms with Gasteiger partial charge in [-0.1, -0.05) is 46.4 Å². The van der Waals surface area contributed by atoms with E-state index in [2.05, 4.69) is 108 Å². The highest BCUT2D eigenvalue weighted by molar-refractivity contribution is 7.25. The molecule has 25 N–H and O–H groups in total. The highest BCUT2D eigenvalue weighted by atomic mass is 35.5. The minimum absolute atomic E-state index is 0.0384. The number of aromatic nitrogens is 15. The summed E-state index contributed by atoms with van der Waals surface area (Å²) in [6, 6.07) is 20.3. The van der Waals surface area contributed by atoms with Crippen LogP contribution >= 0.6 is 103 Å². The fraction of sp³-hybridized carbons (Fsp3) is 0.301. The Labute approximate surface area is 686 Å². The molecule has 2 saturated carbocycles. The maximum Gasteiger partial charge on any atom is 0.223 e. The number of aliphatic hydroxyl groups is 4. The van der Waals surface area contributed by atoms with Crippen LogP contribution in [0.2, 0.25) is 20.1 Å². The molecule has 40 heteroatoms. The summed E-state index contributed by atoms with van der Waals surface area (Å²) in [7, 11) is 0. The Bertz CT molecular complexity index is 5740. The van der Waals surface area contributed by atoms with Crippen LogP contribution in [0.3, 0.4) is 0 Å². The van der Waals surface area contributed by atoms with E-state index in [1.54, 1.807) is 101 Å². The number of pyridine rings is 5. The molecule has 0 radical (unpaired) electrons. The lowest BCUT2D eigenvalue weighted by Gasteiger charge is -2.19. The molecule has 15 aromatic rings. The molecule has 0 unspecified atom stereocenters. The summed E-state index contributed by atoms with van der Waals surface area (Å²) in [5.41, 5.74) is 40.1. The Kier molecular flexibility index (Phi) is 25.3. The summed E-state index contributed by atoms with van der Waals surface area (Å²) in [4.78, 5) is 38.0. The number of H-pyrrole nitrogens is 5. The number of nitrogens with zero attached hydrogens (tertiary/aromatic N) is 10. The van der Waals surface area contributed by atoms with Gasteiger partial charge < -0.3 is 81.0 Å². The first kappa shape index (κ1) is 81.1. The minimum Gasteiger partial charge on any atom is -0.392 e. The number of aliphatic hydroxyl groups excluding tert-OH is 2. The number of anilines is 10. The zero-order valence-corrected chi connectivity index (χ0v) is 68.5. The number of nitrogens with one attached hydrogen (secondary N) is 11. The highest BCUT2D eigenvalue weighted by Gasteiger charge is 2.30. The van der Waals surface area contributed by atoms with E-state index < -0.39 is 17.3 Å². The van der Waals surface area contributed by atoms with Crippen LogP contribution in [0, 0.1) is 5.92 Å². The lowest BCUT2D eigenvalue weighted by molar-refractivity contribution is -0.122. The fourth-order valence-electron chi connectivity index (χ4n) is 11.9. The van der Waals surface area contributed by atoms with E-state index in [-0.39, 0.29) is 24.0 Å². The van der Waals surface area contributed by atoms with Crippen LogP contribution < -0.4 is 60.6 Å². The molecule has 2 fully saturated rings. The Morgan fingerprint density at radius 3 is 1.27 bits per heavy atom. The average Bonchev–Trinajstić information content (AvgIpc) is 1.63. The number of fused-ring (bicyclic) bond motifs is 5. The maximum atomic E-state index is 11.6. The second kappa shape index (κ2) is 35.2. The van der Waals surface area contributed by atoms with Crippen LogP contribution in [-0.2, 0) is 4.79 Å². The van der Waals surface area contributed by atoms with Gasteiger partial charge in [0.25, 0.3) is 0 Å². The molecular weight excluding hydrogens is 1620 g/mol. The molecule has 0 saturated heterocycles. The summed E-state index contributed by atoms with van der Waals surface area (Å²) in [5.74, 6) is 2.44. The van der Waals surface area contributed by atoms with Crippen molar-refractivity contribution >= 4 is 218 Å². The second-order valence-corrected chi connectivity index (χ2v) is 34.6. The van der Waals surface area contributed by atoms with Crippen molar-refractivity contribution in [1.29, 1.82) is 0 Å². The van der Waals surface area contributed by atoms with Crippen molar-refractivity contribution in [1.82, 2.24) is 81.2 Å². The zero-order valence-electron chi connectivity index (χ0n) is 61.4. The smallest absolute Gasteiger partial charge is 0.223 e. The van der Waals surface area contributed by atoms with Crippen LogP contribution in [0.25, 0.3) is 104 Å². The minimum atomic E-state index is -0.836. The van der Waals surface area contributed by atoms with Crippen LogP contribution in [0.5, 0.6) is 0 Å². The quantitative estimate of drug-likeness (QED) is 0.0280. The number of thiophene rings is 5. The van der Waals surface area contributed by atoms with Gasteiger partial charge in [-0.2, -0.15) is 25.5 Å². The topological polar surface area (TPSA) is 508 Å². The number of rotatable bonds is 22. The van der Waals surface area contributed by atoms with Crippen molar-refractivity contribution in [2.24, 2.45) is 5.92 Å². The molecule has 3 atom stereocenters. The number of halogens is 4. The molecule has 15 aromatic heterocycles. The Hall–Kier alpha value is -9.93. The highest BCUT2D eigenvalue weighted by Crippen LogP contribution is 2.49. The number of aromatic amines is 5. The second-order valence-electron chi connectivity index (χ2n) is 28.0. The summed E-state index contributed by atoms with van der Waals surface area (Å²) in [6.07, 6.45) is 13.1. The van der Waals surface area contributed by atoms with Crippen LogP contribution in [-0.4, -0.2) is 164 Å². The molecule has 0 aliphatic heterocycles. The predicted molar refractivity (Wildman–Crippen MR) is 464 cm³/mol. The monoisotopic (exact) mass is 1700 g/mol. The molecule has 31 nitrogen and oxygen atoms in total. The molecule has 0 spiro atoms. The fourth-order valence-corrected chi connectivity index (χ4v) is 19.0. The lowest BCUT2D eigenvalue weighted by atomic mass is 10.1. The van der Waals surface area contributed by atoms with Gasteiger partial charge in [-0.05, 0) is 110 Å². The molecule has 1 amide bonds. The van der Waals surface area contributed by atoms with E-state index >= 15 is 0 Å². The van der Waals surface area contributed by atoms with Crippen LogP contribution in [0.4, 0.5) is 57.5 Å². The third-order valence-electron chi connectivity index (χ3n) is 17.5. The number of amides is 1. The van der Waals surface area contributed by atoms with Gasteiger partial charge in [0.05, 0.1) is 160 Å². The Morgan fingerprint density at radius 1 is 0.496 bits per heavy atom. The van der Waals surface area contributed by atoms with Gasteiger partial charge in [0.15, 0.2) is 0 Å². The van der Waals surface area contributed by atoms with E-state index in [9.17, 15) is 25.2 Å². The van der Waals surface area contributed by atoms with Gasteiger partial charge in [-0.25, -0.2) is 24.9 Å². The number of hydrogen-bond donors (Lipinski definition) is 20. The molecule has 113 heavy (non-hydrogen) atoms. The van der Waals surface area contributed by atoms with E-state index in [1.165, 1.54) is 45.3 Å². The van der Waals surface area contributed by atoms with Crippen molar-refractivity contribution in [2.45, 2.75) is 103 Å². The van der Waals surface area contributed by atoms with Gasteiger partial charge in [-0.3, -0.25) is 30.3 Å². The van der Waals surface area contributed by atoms with Gasteiger partial charge in [-0.15, -0.1) is 56.7 Å². The van der Waals surface area contributed by atoms with E-state index in [0.717, 1.165) is 142 Å². The van der Waals surface area contributed by atoms with Gasteiger partial charge in [0, 0.05) is 100.0 Å². The summed E-state index contributed by atoms with van der Waals surface area (Å²) < 4.78 is 4.72. The van der Waals surface area contributed by atoms with Crippen molar-refractivity contribution in [3.63, 3.8) is 0 Å². The largest absolute Gasteiger partial charge is 0.392 e. The molecule has 2 aliphatic rings. The summed E-state index contributed by atoms with van der Waals surface area (Å²) in [5, 5.41) is 95.2. The van der Waals surface area contributed by atoms with Crippen LogP contribution in [0.1, 0.15) is 73.1 Å². The first-order valence-electron chi connectivity index (χ1n) is 35.6. The SMILES string of the molecule is CC(C)(O)CCNc1cc(N)nc2c(Cl)c(-c3ccn[nH]3)sc12.CC(C)(O)CNc1cc(N)nc2c(Cl)c(-c3ccn[nH]3)sc12.C[C@H](O)CNc1cc(N)nc2c(Cl)c(-c3ccn[nH]3)sc12.Nc1cc(NCCNC(=O)C2CC2)c2sc(-c3ccn[nH]3)cc2n1.Nc1cc(N[C@@H]2CCC[C@@H]2O)c2sc(-c3ccn[nH]3)c(Cl)c2n1. The number of carbonyl (C=O) groups is 1. The molecule has 2 aliphatic carbocycles. The molecule has 15 heterocycles. The van der Waals surface area contributed by atoms with Gasteiger partial charge >= 0.3 is 0 Å². The van der Waals surface area contributed by atoms with Gasteiger partial charge in [0.1, 0.15) is 51.2 Å². The van der Waals surface area contributed by atoms with Crippen molar-refractivity contribution in [2.75, 3.05) is 88.0 Å². The standard InChI is InChI=1S/C16H18N6OS.C15H16ClN5OS.C15H18ClN5OS.C14H16ClN5OS.C13H14ClN5OS/c17-14-8-11(18-5-6-19-16(23)9-1-2-9)15-12(21-14)7-13(24-15)10-3-4-20-22-10;16-12-13-15(23-14(12)8-4-5-18-21-8)9(6-11(17)20-13)19-7-2-1-3-10(7)22;1-15(2,22)4-6-18-9-7-10(17)20-12-11(16)13(23-14(9)12)8-3-5-19-21-8;1-14(2,21)6-17-8-5-9(16)19-11-10(15)12(22-13(8)11)7-3-4-18-20-7;1-6(20)5-16-8-4-9(15)18-11-10(14)12(21-13(8)11)7-2-3-17-19-7/h3-4,7-9H,1-2,5-6H2,(H,19,23)(H,20,22)(H3,17,18,21);4-7,10,22H,1-3H2,(H,18,21)(H3,17,19,20);3,5,7,22H,4,6H2,1-2H3,(H,19,21)(H3,17,18,20);3-5,21H,6H2,1-2H3,(H,18,20)(H3,16,17,19);2-4,6,20H,5H2,1H3,(H,17,19)(H3,15,16,18)/t;7-,10+;;;6-/m.1..0/s1. The third kappa shape index (κ3) is 19.8. The van der Waals surface area contributed by atoms with E-state index in [1.807, 2.05) is 42.5 Å². The normalized spacial score (nSPS) is 14.4. The number of carbonyl (C=O) groups excluding carboxylic acids is 1. The summed E-state index contributed by atoms with van der Waals surface area (Å²) >= 11 is 33.6. The molecular formula is C73H82Cl4N26O5S5. The molecule has 17 rings (SSSR count). The maximum absolute atomic E-state index is 11.6. The first-order valence-corrected chi connectivity index (χ1v) is 41.2. The zero-order chi connectivity index (χ0) is 80.0. The third-order valence-corrected chi connectivity index (χ3v) is 25.6. The molecule has 0 bridgehead atoms. The predicted octanol–water partition coefficient (Wildman–Crippen LogP) is 14.8. The molecule has 592 valence electrons. The number of nitrogens with two attached hydrogens (primary N) is 5. The molecule has 0 aromatic carbocycles. The Morgan fingerprint density at radius 2 is 0.885 bits per heavy atom. The number of hydrogen-bond acceptors (Lipinski definition) is 30. The van der Waals surface area contributed by atoms with Gasteiger partial charge in [0.2, 0.25) is 5.91 Å².